The Balaban J connectivity index is 2.08. The summed E-state index contributed by atoms with van der Waals surface area (Å²) in [5, 5.41) is 1.00. The van der Waals surface area contributed by atoms with Crippen LogP contribution in [-0.4, -0.2) is 24.0 Å². The predicted octanol–water partition coefficient (Wildman–Crippen LogP) is 6.41. The van der Waals surface area contributed by atoms with Gasteiger partial charge >= 0.3 is 0 Å². The van der Waals surface area contributed by atoms with Crippen molar-refractivity contribution in [2.75, 3.05) is 12.8 Å². The highest BCUT2D eigenvalue weighted by molar-refractivity contribution is 7.20. The summed E-state index contributed by atoms with van der Waals surface area (Å²) in [6.07, 6.45) is 0.111. The Kier molecular flexibility index (Phi) is 7.06. The molecule has 6 heteroatoms. The van der Waals surface area contributed by atoms with E-state index in [2.05, 4.69) is 0 Å². The Morgan fingerprint density at radius 2 is 1.83 bits per heavy atom. The zero-order valence-electron chi connectivity index (χ0n) is 16.5. The molecule has 0 fully saturated rings. The molecule has 0 saturated heterocycles. The first kappa shape index (κ1) is 21.5. The molecule has 0 saturated carbocycles. The lowest BCUT2D eigenvalue weighted by Gasteiger charge is -2.22. The minimum Gasteiger partial charge on any atom is -0.390 e. The third kappa shape index (κ3) is 4.86. The highest BCUT2D eigenvalue weighted by Crippen LogP contribution is 2.40. The van der Waals surface area contributed by atoms with Crippen LogP contribution in [0.2, 0.25) is 5.02 Å². The third-order valence-corrected chi connectivity index (χ3v) is 6.18. The topological polar surface area (TPSA) is 46.3 Å². The number of thiophene rings is 1. The number of halogens is 2. The van der Waals surface area contributed by atoms with Gasteiger partial charge in [-0.05, 0) is 48.9 Å². The molecule has 3 rings (SSSR count). The molecular formula is C23H24ClFN2OS. The van der Waals surface area contributed by atoms with Crippen LogP contribution in [0.25, 0.3) is 10.4 Å². The molecule has 2 aromatic carbocycles. The molecule has 3 nitrogen and oxygen atoms in total. The minimum absolute atomic E-state index is 0.174. The van der Waals surface area contributed by atoms with Crippen molar-refractivity contribution in [2.24, 2.45) is 0 Å². The number of rotatable bonds is 8. The van der Waals surface area contributed by atoms with Crippen LogP contribution < -0.4 is 5.73 Å². The largest absolute Gasteiger partial charge is 0.390 e. The summed E-state index contributed by atoms with van der Waals surface area (Å²) in [5.74, 6) is -0.174. The second-order valence-corrected chi connectivity index (χ2v) is 8.48. The number of carbonyl (C=O) groups is 1. The standard InChI is InChI=1S/C23H24ClFN2OS/c1-3-7-19(25)27(2)14-18-20(21(28)15-10-12-17(24)13-11-15)23(26)29-22(18)16-8-5-4-6-9-16/h4-6,8-13,19H,3,7,14,26H2,1-2H3. The first-order valence-electron chi connectivity index (χ1n) is 9.53. The van der Waals surface area contributed by atoms with E-state index in [1.807, 2.05) is 37.3 Å². The van der Waals surface area contributed by atoms with Gasteiger partial charge in [0.1, 0.15) is 0 Å². The van der Waals surface area contributed by atoms with Crippen molar-refractivity contribution in [1.29, 1.82) is 0 Å². The second-order valence-electron chi connectivity index (χ2n) is 6.99. The summed E-state index contributed by atoms with van der Waals surface area (Å²) in [6.45, 7) is 2.25. The van der Waals surface area contributed by atoms with E-state index in [0.29, 0.717) is 34.1 Å². The van der Waals surface area contributed by atoms with Crippen molar-refractivity contribution in [2.45, 2.75) is 32.6 Å². The van der Waals surface area contributed by atoms with E-state index in [1.54, 1.807) is 36.2 Å². The summed E-state index contributed by atoms with van der Waals surface area (Å²) in [4.78, 5) is 15.8. The van der Waals surface area contributed by atoms with Gasteiger partial charge in [-0.2, -0.15) is 0 Å². The van der Waals surface area contributed by atoms with Crippen LogP contribution in [0.4, 0.5) is 9.39 Å². The van der Waals surface area contributed by atoms with E-state index < -0.39 is 6.30 Å². The molecule has 29 heavy (non-hydrogen) atoms. The zero-order valence-corrected chi connectivity index (χ0v) is 18.1. The molecule has 1 unspecified atom stereocenters. The van der Waals surface area contributed by atoms with Crippen molar-refractivity contribution in [3.05, 3.63) is 76.3 Å². The summed E-state index contributed by atoms with van der Waals surface area (Å²) in [7, 11) is 1.74. The van der Waals surface area contributed by atoms with Crippen LogP contribution in [0, 0.1) is 0 Å². The normalized spacial score (nSPS) is 12.3. The Morgan fingerprint density at radius 1 is 1.17 bits per heavy atom. The number of nitrogens with two attached hydrogens (primary N) is 1. The fourth-order valence-corrected chi connectivity index (χ4v) is 4.47. The van der Waals surface area contributed by atoms with Crippen LogP contribution in [0.3, 0.4) is 0 Å². The number of carbonyl (C=O) groups excluding carboxylic acids is 1. The highest BCUT2D eigenvalue weighted by Gasteiger charge is 2.26. The number of alkyl halides is 1. The molecule has 0 aliphatic heterocycles. The van der Waals surface area contributed by atoms with Gasteiger partial charge in [-0.3, -0.25) is 9.69 Å². The van der Waals surface area contributed by atoms with E-state index in [0.717, 1.165) is 22.4 Å². The summed E-state index contributed by atoms with van der Waals surface area (Å²) < 4.78 is 14.5. The van der Waals surface area contributed by atoms with E-state index >= 15 is 0 Å². The van der Waals surface area contributed by atoms with Gasteiger partial charge in [0, 0.05) is 22.0 Å². The molecule has 1 aromatic heterocycles. The Morgan fingerprint density at radius 3 is 2.45 bits per heavy atom. The fourth-order valence-electron chi connectivity index (χ4n) is 3.26. The number of anilines is 1. The van der Waals surface area contributed by atoms with Crippen molar-refractivity contribution in [1.82, 2.24) is 4.90 Å². The molecule has 152 valence electrons. The fraction of sp³-hybridized carbons (Fsp3) is 0.261. The molecular weight excluding hydrogens is 407 g/mol. The van der Waals surface area contributed by atoms with E-state index in [1.165, 1.54) is 11.3 Å². The number of hydrogen-bond acceptors (Lipinski definition) is 4. The SMILES string of the molecule is CCCC(F)N(C)Cc1c(-c2ccccc2)sc(N)c1C(=O)c1ccc(Cl)cc1. The quantitative estimate of drug-likeness (QED) is 0.331. The molecule has 0 bridgehead atoms. The van der Waals surface area contributed by atoms with Gasteiger partial charge in [0.2, 0.25) is 0 Å². The lowest BCUT2D eigenvalue weighted by atomic mass is 9.97. The molecule has 0 aliphatic carbocycles. The van der Waals surface area contributed by atoms with Crippen molar-refractivity contribution in [3.8, 4) is 10.4 Å². The highest BCUT2D eigenvalue weighted by atomic mass is 35.5. The van der Waals surface area contributed by atoms with Crippen molar-refractivity contribution < 1.29 is 9.18 Å². The van der Waals surface area contributed by atoms with Crippen LogP contribution >= 0.6 is 22.9 Å². The van der Waals surface area contributed by atoms with Crippen molar-refractivity contribution >= 4 is 33.7 Å². The second kappa shape index (κ2) is 9.53. The smallest absolute Gasteiger partial charge is 0.196 e. The number of nitrogens with zero attached hydrogens (tertiary/aromatic N) is 1. The molecule has 1 atom stereocenters. The molecule has 0 spiro atoms. The lowest BCUT2D eigenvalue weighted by Crippen LogP contribution is -2.28. The van der Waals surface area contributed by atoms with Crippen LogP contribution in [0.1, 0.15) is 41.3 Å². The van der Waals surface area contributed by atoms with Gasteiger partial charge in [0.05, 0.1) is 10.6 Å². The van der Waals surface area contributed by atoms with E-state index in [4.69, 9.17) is 17.3 Å². The van der Waals surface area contributed by atoms with Crippen LogP contribution in [0.5, 0.6) is 0 Å². The van der Waals surface area contributed by atoms with E-state index in [9.17, 15) is 9.18 Å². The Labute approximate surface area is 179 Å². The first-order valence-corrected chi connectivity index (χ1v) is 10.7. The molecule has 0 radical (unpaired) electrons. The van der Waals surface area contributed by atoms with Gasteiger partial charge in [0.15, 0.2) is 12.1 Å². The number of ketones is 1. The summed E-state index contributed by atoms with van der Waals surface area (Å²) in [5.41, 5.74) is 9.01. The van der Waals surface area contributed by atoms with Crippen LogP contribution in [-0.2, 0) is 6.54 Å². The number of hydrogen-bond donors (Lipinski definition) is 1. The van der Waals surface area contributed by atoms with E-state index in [-0.39, 0.29) is 5.78 Å². The first-order chi connectivity index (χ1) is 13.9. The molecule has 0 amide bonds. The van der Waals surface area contributed by atoms with Gasteiger partial charge in [-0.25, -0.2) is 4.39 Å². The maximum Gasteiger partial charge on any atom is 0.196 e. The lowest BCUT2D eigenvalue weighted by molar-refractivity contribution is 0.0924. The minimum atomic E-state index is -1.08. The van der Waals surface area contributed by atoms with Gasteiger partial charge in [0.25, 0.3) is 0 Å². The maximum absolute atomic E-state index is 14.5. The Hall–Kier alpha value is -2.21. The van der Waals surface area contributed by atoms with Crippen LogP contribution in [0.15, 0.2) is 54.6 Å². The predicted molar refractivity (Wildman–Crippen MR) is 120 cm³/mol. The molecule has 0 aliphatic rings. The maximum atomic E-state index is 14.5. The average molecular weight is 431 g/mol. The molecule has 2 N–H and O–H groups in total. The van der Waals surface area contributed by atoms with Crippen molar-refractivity contribution in [3.63, 3.8) is 0 Å². The molecule has 3 aromatic rings. The average Bonchev–Trinajstić information content (AvgIpc) is 3.04. The summed E-state index contributed by atoms with van der Waals surface area (Å²) >= 11 is 7.33. The number of benzene rings is 2. The van der Waals surface area contributed by atoms with Gasteiger partial charge in [-0.15, -0.1) is 11.3 Å². The third-order valence-electron chi connectivity index (χ3n) is 4.82. The zero-order chi connectivity index (χ0) is 21.0. The van der Waals surface area contributed by atoms with Gasteiger partial charge < -0.3 is 5.73 Å². The summed E-state index contributed by atoms with van der Waals surface area (Å²) in [6, 6.07) is 16.5. The Bertz CT molecular complexity index is 973. The number of nitrogen functional groups attached to an aromatic ring is 1. The monoisotopic (exact) mass is 430 g/mol. The van der Waals surface area contributed by atoms with Gasteiger partial charge in [-0.1, -0.05) is 55.3 Å². The molecule has 1 heterocycles.